The molecule has 0 aromatic heterocycles. The Hall–Kier alpha value is 2.76. The van der Waals surface area contributed by atoms with Crippen molar-refractivity contribution in [3.63, 3.8) is 0 Å². The van der Waals surface area contributed by atoms with E-state index in [9.17, 15) is 0 Å². The molecule has 0 atom stereocenters. The molecule has 0 aliphatic carbocycles. The number of rotatable bonds is 0. The van der Waals surface area contributed by atoms with E-state index in [4.69, 9.17) is 45.2 Å². The summed E-state index contributed by atoms with van der Waals surface area (Å²) in [5.74, 6) is 0. The van der Waals surface area contributed by atoms with Crippen LogP contribution < -0.4 is 68.9 Å². The number of hydrogen-bond acceptors (Lipinski definition) is 9. The van der Waals surface area contributed by atoms with E-state index in [-0.39, 0.29) is 108 Å². The molecule has 0 unspecified atom stereocenters. The van der Waals surface area contributed by atoms with Crippen LogP contribution in [0.5, 0.6) is 0 Å². The Balaban J connectivity index is -0.0000000104. The third kappa shape index (κ3) is 547. The molecule has 9 nitrogen and oxygen atoms in total. The summed E-state index contributed by atoms with van der Waals surface area (Å²) in [6, 6.07) is 0. The second kappa shape index (κ2) is 36.1. The average molecular weight is 429 g/mol. The van der Waals surface area contributed by atoms with Gasteiger partial charge >= 0.3 is 90.9 Å². The molecular formula is H13B3Cl3CsO9. The van der Waals surface area contributed by atoms with Crippen LogP contribution in [-0.2, 0) is 0 Å². The predicted octanol–water partition coefficient (Wildman–Crippen LogP) is -7.77. The Morgan fingerprint density at radius 2 is 0.438 bits per heavy atom. The molecule has 0 saturated heterocycles. The largest absolute Gasteiger partial charge is 1.00 e. The van der Waals surface area contributed by atoms with E-state index in [0.717, 1.165) is 0 Å². The summed E-state index contributed by atoms with van der Waals surface area (Å²) in [6.45, 7) is 0. The number of hydrogen-bond donors (Lipinski definition) is 9. The van der Waals surface area contributed by atoms with Crippen molar-refractivity contribution in [3.05, 3.63) is 0 Å². The maximum Gasteiger partial charge on any atom is 1.00 e. The summed E-state index contributed by atoms with van der Waals surface area (Å²) in [5, 5.41) is 64.5. The van der Waals surface area contributed by atoms with Crippen LogP contribution in [0.1, 0.15) is 1.43 Å². The summed E-state index contributed by atoms with van der Waals surface area (Å²) >= 11 is 0. The zero-order valence-corrected chi connectivity index (χ0v) is 16.7. The van der Waals surface area contributed by atoms with E-state index in [1.807, 2.05) is 0 Å². The first kappa shape index (κ1) is 42.8. The quantitative estimate of drug-likeness (QED) is 0.169. The van der Waals surface area contributed by atoms with Crippen molar-refractivity contribution in [2.75, 3.05) is 0 Å². The third-order valence-corrected chi connectivity index (χ3v) is 0. The van der Waals surface area contributed by atoms with E-state index in [2.05, 4.69) is 0 Å². The van der Waals surface area contributed by atoms with E-state index in [0.29, 0.717) is 0 Å². The summed E-state index contributed by atoms with van der Waals surface area (Å²) < 4.78 is 0. The van der Waals surface area contributed by atoms with Crippen molar-refractivity contribution in [2.45, 2.75) is 0 Å². The van der Waals surface area contributed by atoms with Crippen LogP contribution in [0.4, 0.5) is 0 Å². The van der Waals surface area contributed by atoms with Gasteiger partial charge in [0.05, 0.1) is 0 Å². The minimum Gasteiger partial charge on any atom is -1.00 e. The van der Waals surface area contributed by atoms with Crippen molar-refractivity contribution in [1.82, 2.24) is 0 Å². The first-order chi connectivity index (χ1) is 5.20. The summed E-state index contributed by atoms with van der Waals surface area (Å²) in [5.41, 5.74) is 0. The maximum atomic E-state index is 7.17. The molecular weight excluding hydrogens is 416 g/mol. The fourth-order valence-electron chi connectivity index (χ4n) is 0. The zero-order valence-electron chi connectivity index (χ0n) is 8.98. The standard InChI is InChI=1S/3BH3O3.3ClH.Cs.H/c3*2-1(3)4;;;;;/h3*2-4H;3*1H;;/q;;;;;;+1;-1. The SMILES string of the molecule is Cl.Cl.Cl.OB(O)O.OB(O)O.OB(O)O.[Cs+].[H-]. The first-order valence-corrected chi connectivity index (χ1v) is 2.32. The molecule has 0 aromatic carbocycles. The van der Waals surface area contributed by atoms with Crippen LogP contribution in [-0.4, -0.2) is 67.2 Å². The van der Waals surface area contributed by atoms with E-state index in [1.165, 1.54) is 0 Å². The smallest absolute Gasteiger partial charge is 1.00 e. The molecule has 9 N–H and O–H groups in total. The van der Waals surface area contributed by atoms with Crippen molar-refractivity contribution in [1.29, 1.82) is 0 Å². The predicted molar refractivity (Wildman–Crippen MR) is 60.1 cm³/mol. The second-order valence-corrected chi connectivity index (χ2v) is 1.04. The Morgan fingerprint density at radius 1 is 0.438 bits per heavy atom. The van der Waals surface area contributed by atoms with Crippen LogP contribution in [0.3, 0.4) is 0 Å². The molecule has 16 heteroatoms. The van der Waals surface area contributed by atoms with Gasteiger partial charge in [-0.25, -0.2) is 0 Å². The summed E-state index contributed by atoms with van der Waals surface area (Å²) in [6.07, 6.45) is 0. The van der Waals surface area contributed by atoms with Gasteiger partial charge in [-0.05, 0) is 0 Å². The van der Waals surface area contributed by atoms with Crippen LogP contribution in [0.2, 0.25) is 0 Å². The summed E-state index contributed by atoms with van der Waals surface area (Å²) in [7, 11) is -6.50. The molecule has 0 aliphatic rings. The molecule has 0 aromatic rings. The molecule has 0 spiro atoms. The molecule has 0 bridgehead atoms. The van der Waals surface area contributed by atoms with Crippen molar-refractivity contribution in [2.24, 2.45) is 0 Å². The van der Waals surface area contributed by atoms with Gasteiger partial charge in [-0.1, -0.05) is 0 Å². The molecule has 0 rings (SSSR count). The van der Waals surface area contributed by atoms with Crippen LogP contribution in [0, 0.1) is 0 Å². The fourth-order valence-corrected chi connectivity index (χ4v) is 0. The van der Waals surface area contributed by atoms with E-state index >= 15 is 0 Å². The van der Waals surface area contributed by atoms with Gasteiger partial charge in [0.2, 0.25) is 0 Å². The molecule has 98 valence electrons. The van der Waals surface area contributed by atoms with E-state index < -0.39 is 22.0 Å². The topological polar surface area (TPSA) is 182 Å². The van der Waals surface area contributed by atoms with Crippen LogP contribution in [0.15, 0.2) is 0 Å². The van der Waals surface area contributed by atoms with Gasteiger partial charge in [-0.15, -0.1) is 37.2 Å². The van der Waals surface area contributed by atoms with Crippen LogP contribution >= 0.6 is 37.2 Å². The molecule has 0 radical (unpaired) electrons. The minimum absolute atomic E-state index is 0. The van der Waals surface area contributed by atoms with Gasteiger partial charge in [0.15, 0.2) is 0 Å². The first-order valence-electron chi connectivity index (χ1n) is 2.32. The fraction of sp³-hybridized carbons (Fsp3) is 0. The van der Waals surface area contributed by atoms with Gasteiger partial charge < -0.3 is 46.6 Å². The van der Waals surface area contributed by atoms with Crippen molar-refractivity contribution < 1.29 is 116 Å². The van der Waals surface area contributed by atoms with Crippen molar-refractivity contribution >= 4 is 59.2 Å². The molecule has 16 heavy (non-hydrogen) atoms. The van der Waals surface area contributed by atoms with Crippen LogP contribution in [0.25, 0.3) is 0 Å². The Labute approximate surface area is 172 Å². The van der Waals surface area contributed by atoms with Gasteiger partial charge in [-0.2, -0.15) is 0 Å². The molecule has 0 heterocycles. The Bertz CT molecular complexity index is 60.0. The zero-order chi connectivity index (χ0) is 10.7. The second-order valence-electron chi connectivity index (χ2n) is 1.04. The monoisotopic (exact) mass is 428 g/mol. The summed E-state index contributed by atoms with van der Waals surface area (Å²) in [4.78, 5) is 0. The normalized spacial score (nSPS) is 5.06. The van der Waals surface area contributed by atoms with Gasteiger partial charge in [0.1, 0.15) is 0 Å². The third-order valence-electron chi connectivity index (χ3n) is 0. The molecule has 0 amide bonds. The van der Waals surface area contributed by atoms with Crippen molar-refractivity contribution in [3.8, 4) is 0 Å². The van der Waals surface area contributed by atoms with E-state index in [1.54, 1.807) is 0 Å². The minimum atomic E-state index is -2.17. The Kier molecular flexibility index (Phi) is 96.5. The van der Waals surface area contributed by atoms with Gasteiger partial charge in [-0.3, -0.25) is 0 Å². The molecule has 0 fully saturated rings. The number of halogens is 3. The Morgan fingerprint density at radius 3 is 0.438 bits per heavy atom. The molecule has 0 saturated carbocycles. The maximum absolute atomic E-state index is 7.17. The van der Waals surface area contributed by atoms with Gasteiger partial charge in [0.25, 0.3) is 0 Å². The molecule has 0 aliphatic heterocycles. The van der Waals surface area contributed by atoms with Gasteiger partial charge in [0, 0.05) is 0 Å². The average Bonchev–Trinajstić information content (AvgIpc) is 1.54.